The molecule has 0 N–H and O–H groups in total. The number of hydrogen-bond acceptors (Lipinski definition) is 3. The van der Waals surface area contributed by atoms with E-state index in [0.717, 1.165) is 0 Å². The van der Waals surface area contributed by atoms with E-state index in [2.05, 4.69) is 6.58 Å². The van der Waals surface area contributed by atoms with Crippen LogP contribution in [0.15, 0.2) is 12.7 Å². The summed E-state index contributed by atoms with van der Waals surface area (Å²) >= 11 is 0. The third-order valence-corrected chi connectivity index (χ3v) is 1.98. The van der Waals surface area contributed by atoms with Crippen LogP contribution in [0.2, 0.25) is 0 Å². The molecular weight excluding hydrogens is 156 g/mol. The zero-order valence-electron chi connectivity index (χ0n) is 7.08. The number of carbonyl (C=O) groups excluding carboxylic acids is 2. The third-order valence-electron chi connectivity index (χ3n) is 1.98. The van der Waals surface area contributed by atoms with Gasteiger partial charge in [-0.3, -0.25) is 9.59 Å². The van der Waals surface area contributed by atoms with Gasteiger partial charge in [0.1, 0.15) is 5.92 Å². The zero-order valence-corrected chi connectivity index (χ0v) is 7.08. The van der Waals surface area contributed by atoms with Gasteiger partial charge in [-0.15, -0.1) is 6.58 Å². The molecule has 66 valence electrons. The number of cyclic esters (lactones) is 1. The van der Waals surface area contributed by atoms with Crippen molar-refractivity contribution in [3.8, 4) is 0 Å². The van der Waals surface area contributed by atoms with Crippen LogP contribution in [-0.2, 0) is 14.3 Å². The van der Waals surface area contributed by atoms with Crippen molar-refractivity contribution in [3.63, 3.8) is 0 Å². The van der Waals surface area contributed by atoms with Crippen LogP contribution >= 0.6 is 0 Å². The average Bonchev–Trinajstić information content (AvgIpc) is 2.32. The van der Waals surface area contributed by atoms with E-state index in [1.165, 1.54) is 0 Å². The normalized spacial score (nSPS) is 28.8. The number of ether oxygens (including phenoxy) is 1. The smallest absolute Gasteiger partial charge is 0.317 e. The second kappa shape index (κ2) is 3.52. The fourth-order valence-electron chi connectivity index (χ4n) is 1.28. The first kappa shape index (κ1) is 8.97. The lowest BCUT2D eigenvalue weighted by molar-refractivity contribution is -0.144. The molecule has 0 bridgehead atoms. The molecule has 1 aliphatic rings. The summed E-state index contributed by atoms with van der Waals surface area (Å²) in [5.74, 6) is -1.08. The second-order valence-electron chi connectivity index (χ2n) is 2.81. The summed E-state index contributed by atoms with van der Waals surface area (Å²) < 4.78 is 4.85. The fourth-order valence-corrected chi connectivity index (χ4v) is 1.28. The first-order valence-corrected chi connectivity index (χ1v) is 4.05. The van der Waals surface area contributed by atoms with Crippen LogP contribution in [0.25, 0.3) is 0 Å². The van der Waals surface area contributed by atoms with E-state index in [1.807, 2.05) is 6.92 Å². The summed E-state index contributed by atoms with van der Waals surface area (Å²) in [7, 11) is 0. The maximum Gasteiger partial charge on any atom is 0.317 e. The van der Waals surface area contributed by atoms with Crippen LogP contribution in [0.4, 0.5) is 0 Å². The lowest BCUT2D eigenvalue weighted by atomic mass is 9.99. The molecule has 12 heavy (non-hydrogen) atoms. The minimum atomic E-state index is -0.590. The van der Waals surface area contributed by atoms with Gasteiger partial charge in [-0.05, 0) is 12.8 Å². The predicted molar refractivity (Wildman–Crippen MR) is 43.5 cm³/mol. The lowest BCUT2D eigenvalue weighted by Crippen LogP contribution is -2.19. The van der Waals surface area contributed by atoms with E-state index in [4.69, 9.17) is 4.74 Å². The number of esters is 1. The number of carbonyl (C=O) groups is 2. The predicted octanol–water partition coefficient (Wildman–Crippen LogP) is 1.08. The van der Waals surface area contributed by atoms with Crippen LogP contribution < -0.4 is 0 Å². The van der Waals surface area contributed by atoms with E-state index in [-0.39, 0.29) is 5.78 Å². The molecular formula is C9H12O3. The van der Waals surface area contributed by atoms with Gasteiger partial charge in [-0.2, -0.15) is 0 Å². The number of rotatable bonds is 3. The summed E-state index contributed by atoms with van der Waals surface area (Å²) in [5, 5.41) is 0. The molecule has 1 heterocycles. The minimum absolute atomic E-state index is 0.0950. The Bertz CT molecular complexity index is 220. The van der Waals surface area contributed by atoms with E-state index in [0.29, 0.717) is 12.8 Å². The standard InChI is InChI=1S/C9H12O3/c1-3-5-6-8(10)7(4-2)12-9(6)11/h3,6-7H,1,4-5H2,2H3/t6?,7-/m1/s1. The SMILES string of the molecule is C=CCC1C(=O)O[C@H](CC)C1=O. The Morgan fingerprint density at radius 1 is 1.58 bits per heavy atom. The van der Waals surface area contributed by atoms with Gasteiger partial charge in [0.25, 0.3) is 0 Å². The maximum absolute atomic E-state index is 11.3. The molecule has 1 unspecified atom stereocenters. The van der Waals surface area contributed by atoms with Crippen LogP contribution in [0, 0.1) is 5.92 Å². The molecule has 1 fully saturated rings. The highest BCUT2D eigenvalue weighted by atomic mass is 16.6. The van der Waals surface area contributed by atoms with E-state index < -0.39 is 18.0 Å². The zero-order chi connectivity index (χ0) is 9.14. The quantitative estimate of drug-likeness (QED) is 0.360. The average molecular weight is 168 g/mol. The van der Waals surface area contributed by atoms with Crippen LogP contribution in [0.1, 0.15) is 19.8 Å². The molecule has 0 aliphatic carbocycles. The Balaban J connectivity index is 2.70. The Morgan fingerprint density at radius 2 is 2.25 bits per heavy atom. The molecule has 3 nitrogen and oxygen atoms in total. The molecule has 0 radical (unpaired) electrons. The molecule has 0 aromatic carbocycles. The first-order chi connectivity index (χ1) is 5.70. The Hall–Kier alpha value is -1.12. The largest absolute Gasteiger partial charge is 0.454 e. The summed E-state index contributed by atoms with van der Waals surface area (Å²) in [6, 6.07) is 0. The van der Waals surface area contributed by atoms with Gasteiger partial charge in [-0.1, -0.05) is 13.0 Å². The molecule has 0 spiro atoms. The number of Topliss-reactive ketones (excluding diaryl/α,β-unsaturated/α-hetero) is 1. The van der Waals surface area contributed by atoms with E-state index in [1.54, 1.807) is 6.08 Å². The van der Waals surface area contributed by atoms with Gasteiger partial charge in [0.05, 0.1) is 0 Å². The van der Waals surface area contributed by atoms with Crippen molar-refractivity contribution < 1.29 is 14.3 Å². The van der Waals surface area contributed by atoms with Crippen molar-refractivity contribution in [2.75, 3.05) is 0 Å². The highest BCUT2D eigenvalue weighted by Gasteiger charge is 2.41. The van der Waals surface area contributed by atoms with Gasteiger partial charge >= 0.3 is 5.97 Å². The Labute approximate surface area is 71.4 Å². The third kappa shape index (κ3) is 1.40. The Kier molecular flexibility index (Phi) is 2.63. The van der Waals surface area contributed by atoms with E-state index in [9.17, 15) is 9.59 Å². The molecule has 1 saturated heterocycles. The van der Waals surface area contributed by atoms with Gasteiger partial charge in [0.2, 0.25) is 0 Å². The molecule has 0 aromatic rings. The highest BCUT2D eigenvalue weighted by molar-refractivity contribution is 6.06. The summed E-state index contributed by atoms with van der Waals surface area (Å²) in [4.78, 5) is 22.4. The monoisotopic (exact) mass is 168 g/mol. The second-order valence-corrected chi connectivity index (χ2v) is 2.81. The lowest BCUT2D eigenvalue weighted by Gasteiger charge is -2.01. The number of ketones is 1. The van der Waals surface area contributed by atoms with Gasteiger partial charge in [-0.25, -0.2) is 0 Å². The van der Waals surface area contributed by atoms with Crippen LogP contribution in [-0.4, -0.2) is 17.9 Å². The molecule has 1 aliphatic heterocycles. The molecule has 3 heteroatoms. The Morgan fingerprint density at radius 3 is 2.67 bits per heavy atom. The van der Waals surface area contributed by atoms with Gasteiger partial charge in [0, 0.05) is 0 Å². The van der Waals surface area contributed by atoms with Crippen molar-refractivity contribution >= 4 is 11.8 Å². The van der Waals surface area contributed by atoms with Crippen molar-refractivity contribution in [2.24, 2.45) is 5.92 Å². The molecule has 0 saturated carbocycles. The topological polar surface area (TPSA) is 43.4 Å². The first-order valence-electron chi connectivity index (χ1n) is 4.05. The minimum Gasteiger partial charge on any atom is -0.454 e. The van der Waals surface area contributed by atoms with Crippen molar-refractivity contribution in [2.45, 2.75) is 25.9 Å². The van der Waals surface area contributed by atoms with Gasteiger partial charge < -0.3 is 4.74 Å². The van der Waals surface area contributed by atoms with Gasteiger partial charge in [0.15, 0.2) is 11.9 Å². The van der Waals surface area contributed by atoms with Crippen molar-refractivity contribution in [1.29, 1.82) is 0 Å². The van der Waals surface area contributed by atoms with E-state index >= 15 is 0 Å². The maximum atomic E-state index is 11.3. The molecule has 0 amide bonds. The summed E-state index contributed by atoms with van der Waals surface area (Å²) in [5.41, 5.74) is 0. The molecule has 2 atom stereocenters. The van der Waals surface area contributed by atoms with Crippen LogP contribution in [0.5, 0.6) is 0 Å². The van der Waals surface area contributed by atoms with Crippen molar-refractivity contribution in [1.82, 2.24) is 0 Å². The van der Waals surface area contributed by atoms with Crippen molar-refractivity contribution in [3.05, 3.63) is 12.7 Å². The number of hydrogen-bond donors (Lipinski definition) is 0. The summed E-state index contributed by atoms with van der Waals surface area (Å²) in [6.45, 7) is 5.31. The summed E-state index contributed by atoms with van der Waals surface area (Å²) in [6.07, 6.45) is 2.02. The molecule has 1 rings (SSSR count). The van der Waals surface area contributed by atoms with Crippen LogP contribution in [0.3, 0.4) is 0 Å². The highest BCUT2D eigenvalue weighted by Crippen LogP contribution is 2.22. The number of allylic oxidation sites excluding steroid dienone is 1. The molecule has 0 aromatic heterocycles. The fraction of sp³-hybridized carbons (Fsp3) is 0.556.